The van der Waals surface area contributed by atoms with Crippen molar-refractivity contribution < 1.29 is 18.0 Å². The van der Waals surface area contributed by atoms with E-state index in [1.165, 1.54) is 42.6 Å². The Balaban J connectivity index is 1.64. The second-order valence-corrected chi connectivity index (χ2v) is 4.91. The fourth-order valence-electron chi connectivity index (χ4n) is 2.01. The molecule has 1 amide bonds. The molecule has 0 saturated heterocycles. The van der Waals surface area contributed by atoms with Gasteiger partial charge < -0.3 is 4.42 Å². The van der Waals surface area contributed by atoms with E-state index in [-0.39, 0.29) is 5.82 Å². The number of nitrogens with one attached hydrogen (secondary N) is 1. The van der Waals surface area contributed by atoms with Crippen LogP contribution >= 0.6 is 0 Å². The van der Waals surface area contributed by atoms with Gasteiger partial charge in [-0.1, -0.05) is 0 Å². The van der Waals surface area contributed by atoms with E-state index in [1.807, 2.05) is 0 Å². The first-order valence-corrected chi connectivity index (χ1v) is 7.06. The van der Waals surface area contributed by atoms with Crippen LogP contribution in [0.25, 0.3) is 11.3 Å². The quantitative estimate of drug-likeness (QED) is 0.582. The zero-order valence-electron chi connectivity index (χ0n) is 12.4. The summed E-state index contributed by atoms with van der Waals surface area (Å²) in [7, 11) is 0. The number of benzene rings is 2. The number of amides is 1. The fraction of sp³-hybridized carbons (Fsp3) is 0. The molecule has 0 aliphatic rings. The third-order valence-corrected chi connectivity index (χ3v) is 3.22. The molecular formula is C18H12F2N2O2. The van der Waals surface area contributed by atoms with E-state index < -0.39 is 11.7 Å². The lowest BCUT2D eigenvalue weighted by atomic mass is 10.2. The third kappa shape index (κ3) is 3.73. The molecule has 0 fully saturated rings. The van der Waals surface area contributed by atoms with E-state index in [2.05, 4.69) is 10.5 Å². The molecule has 3 aromatic rings. The molecule has 24 heavy (non-hydrogen) atoms. The zero-order valence-corrected chi connectivity index (χ0v) is 12.4. The Morgan fingerprint density at radius 3 is 2.21 bits per heavy atom. The summed E-state index contributed by atoms with van der Waals surface area (Å²) in [4.78, 5) is 11.8. The van der Waals surface area contributed by atoms with Crippen LogP contribution in [-0.2, 0) is 0 Å². The van der Waals surface area contributed by atoms with Crippen molar-refractivity contribution in [2.75, 3.05) is 0 Å². The van der Waals surface area contributed by atoms with Crippen LogP contribution in [0.2, 0.25) is 0 Å². The molecule has 6 heteroatoms. The van der Waals surface area contributed by atoms with Crippen molar-refractivity contribution in [3.63, 3.8) is 0 Å². The molecule has 0 atom stereocenters. The highest BCUT2D eigenvalue weighted by Gasteiger charge is 2.05. The Hall–Kier alpha value is -3.28. The van der Waals surface area contributed by atoms with Crippen LogP contribution in [0.4, 0.5) is 8.78 Å². The van der Waals surface area contributed by atoms with E-state index in [0.29, 0.717) is 17.1 Å². The SMILES string of the molecule is O=C(N/N=C\c1ccc(-c2ccc(F)cc2)o1)c1ccc(F)cc1. The number of halogens is 2. The first-order chi connectivity index (χ1) is 11.6. The molecule has 4 nitrogen and oxygen atoms in total. The predicted octanol–water partition coefficient (Wildman–Crippen LogP) is 3.99. The first kappa shape index (κ1) is 15.6. The van der Waals surface area contributed by atoms with E-state index in [1.54, 1.807) is 24.3 Å². The van der Waals surface area contributed by atoms with E-state index in [4.69, 9.17) is 4.42 Å². The standard InChI is InChI=1S/C18H12F2N2O2/c19-14-5-1-12(2-6-14)17-10-9-16(24-17)11-21-22-18(23)13-3-7-15(20)8-4-13/h1-11H,(H,22,23)/b21-11-. The molecule has 0 unspecified atom stereocenters. The number of carbonyl (C=O) groups is 1. The van der Waals surface area contributed by atoms with Gasteiger partial charge in [0.05, 0.1) is 6.21 Å². The van der Waals surface area contributed by atoms with Crippen molar-refractivity contribution in [1.82, 2.24) is 5.43 Å². The largest absolute Gasteiger partial charge is 0.455 e. The zero-order chi connectivity index (χ0) is 16.9. The number of furan rings is 1. The van der Waals surface area contributed by atoms with Gasteiger partial charge in [-0.2, -0.15) is 5.10 Å². The summed E-state index contributed by atoms with van der Waals surface area (Å²) in [6.45, 7) is 0. The van der Waals surface area contributed by atoms with Gasteiger partial charge in [-0.3, -0.25) is 4.79 Å². The van der Waals surface area contributed by atoms with Crippen LogP contribution in [0.5, 0.6) is 0 Å². The minimum absolute atomic E-state index is 0.292. The van der Waals surface area contributed by atoms with E-state index >= 15 is 0 Å². The van der Waals surface area contributed by atoms with Gasteiger partial charge in [-0.15, -0.1) is 0 Å². The van der Waals surface area contributed by atoms with Crippen molar-refractivity contribution in [1.29, 1.82) is 0 Å². The molecule has 0 radical (unpaired) electrons. The highest BCUT2D eigenvalue weighted by molar-refractivity contribution is 5.94. The Labute approximate surface area is 136 Å². The molecule has 0 saturated carbocycles. The highest BCUT2D eigenvalue weighted by Crippen LogP contribution is 2.21. The lowest BCUT2D eigenvalue weighted by Gasteiger charge is -1.98. The van der Waals surface area contributed by atoms with Crippen LogP contribution in [0.15, 0.2) is 70.2 Å². The molecule has 2 aromatic carbocycles. The lowest BCUT2D eigenvalue weighted by Crippen LogP contribution is -2.17. The number of hydrogen-bond acceptors (Lipinski definition) is 3. The Bertz CT molecular complexity index is 869. The first-order valence-electron chi connectivity index (χ1n) is 7.06. The molecule has 1 N–H and O–H groups in total. The van der Waals surface area contributed by atoms with Gasteiger partial charge in [0.2, 0.25) is 0 Å². The smallest absolute Gasteiger partial charge is 0.271 e. The second kappa shape index (κ2) is 6.87. The molecule has 3 rings (SSSR count). The molecule has 1 heterocycles. The average Bonchev–Trinajstić information content (AvgIpc) is 3.05. The monoisotopic (exact) mass is 326 g/mol. The summed E-state index contributed by atoms with van der Waals surface area (Å²) in [5.74, 6) is -0.221. The number of carbonyl (C=O) groups excluding carboxylic acids is 1. The minimum Gasteiger partial charge on any atom is -0.455 e. The number of hydrazone groups is 1. The molecule has 0 aliphatic carbocycles. The normalized spacial score (nSPS) is 10.9. The number of rotatable bonds is 4. The van der Waals surface area contributed by atoms with Crippen LogP contribution in [-0.4, -0.2) is 12.1 Å². The molecular weight excluding hydrogens is 314 g/mol. The van der Waals surface area contributed by atoms with Gasteiger partial charge in [-0.05, 0) is 60.7 Å². The van der Waals surface area contributed by atoms with Crippen LogP contribution in [0.1, 0.15) is 16.1 Å². The predicted molar refractivity (Wildman–Crippen MR) is 85.6 cm³/mol. The maximum Gasteiger partial charge on any atom is 0.271 e. The summed E-state index contributed by atoms with van der Waals surface area (Å²) < 4.78 is 31.2. The summed E-state index contributed by atoms with van der Waals surface area (Å²) in [6.07, 6.45) is 1.34. The van der Waals surface area contributed by atoms with Gasteiger partial charge in [0.1, 0.15) is 23.2 Å². The fourth-order valence-corrected chi connectivity index (χ4v) is 2.01. The van der Waals surface area contributed by atoms with Gasteiger partial charge >= 0.3 is 0 Å². The molecule has 1 aromatic heterocycles. The highest BCUT2D eigenvalue weighted by atomic mass is 19.1. The van der Waals surface area contributed by atoms with Crippen molar-refractivity contribution in [3.05, 3.63) is 83.6 Å². The Kier molecular flexibility index (Phi) is 4.47. The van der Waals surface area contributed by atoms with E-state index in [9.17, 15) is 13.6 Å². The maximum absolute atomic E-state index is 12.9. The number of nitrogens with zero attached hydrogens (tertiary/aromatic N) is 1. The van der Waals surface area contributed by atoms with Gasteiger partial charge in [-0.25, -0.2) is 14.2 Å². The second-order valence-electron chi connectivity index (χ2n) is 4.91. The molecule has 0 aliphatic heterocycles. The lowest BCUT2D eigenvalue weighted by molar-refractivity contribution is 0.0955. The maximum atomic E-state index is 12.9. The van der Waals surface area contributed by atoms with Gasteiger partial charge in [0.15, 0.2) is 0 Å². The van der Waals surface area contributed by atoms with Crippen molar-refractivity contribution in [2.24, 2.45) is 5.10 Å². The topological polar surface area (TPSA) is 54.6 Å². The average molecular weight is 326 g/mol. The minimum atomic E-state index is -0.462. The molecule has 120 valence electrons. The van der Waals surface area contributed by atoms with Crippen molar-refractivity contribution in [2.45, 2.75) is 0 Å². The van der Waals surface area contributed by atoms with Crippen LogP contribution in [0.3, 0.4) is 0 Å². The number of hydrogen-bond donors (Lipinski definition) is 1. The van der Waals surface area contributed by atoms with E-state index in [0.717, 1.165) is 5.56 Å². The van der Waals surface area contributed by atoms with Crippen LogP contribution < -0.4 is 5.43 Å². The molecule has 0 spiro atoms. The molecule has 0 bridgehead atoms. The van der Waals surface area contributed by atoms with Crippen LogP contribution in [0, 0.1) is 11.6 Å². The summed E-state index contributed by atoms with van der Waals surface area (Å²) in [5.41, 5.74) is 3.34. The summed E-state index contributed by atoms with van der Waals surface area (Å²) in [6, 6.07) is 14.4. The van der Waals surface area contributed by atoms with Gasteiger partial charge in [0.25, 0.3) is 5.91 Å². The third-order valence-electron chi connectivity index (χ3n) is 3.22. The Morgan fingerprint density at radius 1 is 0.917 bits per heavy atom. The summed E-state index contributed by atoms with van der Waals surface area (Å²) in [5, 5.41) is 3.79. The van der Waals surface area contributed by atoms with Gasteiger partial charge in [0, 0.05) is 11.1 Å². The van der Waals surface area contributed by atoms with Crippen molar-refractivity contribution in [3.8, 4) is 11.3 Å². The summed E-state index contributed by atoms with van der Waals surface area (Å²) >= 11 is 0. The van der Waals surface area contributed by atoms with Crippen molar-refractivity contribution >= 4 is 12.1 Å². The Morgan fingerprint density at radius 2 is 1.54 bits per heavy atom.